The third-order valence-electron chi connectivity index (χ3n) is 2.54. The SMILES string of the molecule is CC(C)C(CI)NCc1ccc(F)cc1F. The summed E-state index contributed by atoms with van der Waals surface area (Å²) in [5.41, 5.74) is 0.511. The number of benzene rings is 1. The molecular formula is C12H16F2IN. The highest BCUT2D eigenvalue weighted by Gasteiger charge is 2.12. The molecule has 0 heterocycles. The molecule has 0 aromatic heterocycles. The van der Waals surface area contributed by atoms with Crippen LogP contribution in [0.25, 0.3) is 0 Å². The monoisotopic (exact) mass is 339 g/mol. The minimum absolute atomic E-state index is 0.352. The third-order valence-corrected chi connectivity index (χ3v) is 3.49. The second kappa shape index (κ2) is 6.49. The molecule has 1 atom stereocenters. The Morgan fingerprint density at radius 2 is 2.00 bits per heavy atom. The van der Waals surface area contributed by atoms with Crippen LogP contribution in [0.1, 0.15) is 19.4 Å². The van der Waals surface area contributed by atoms with Gasteiger partial charge in [0.1, 0.15) is 11.6 Å². The van der Waals surface area contributed by atoms with Crippen LogP contribution in [0.4, 0.5) is 8.78 Å². The van der Waals surface area contributed by atoms with Gasteiger partial charge in [0, 0.05) is 28.6 Å². The maximum Gasteiger partial charge on any atom is 0.130 e. The van der Waals surface area contributed by atoms with Crippen LogP contribution in [0, 0.1) is 17.6 Å². The van der Waals surface area contributed by atoms with Crippen LogP contribution in [0.3, 0.4) is 0 Å². The highest BCUT2D eigenvalue weighted by molar-refractivity contribution is 14.1. The molecular weight excluding hydrogens is 323 g/mol. The van der Waals surface area contributed by atoms with Crippen LogP contribution in [0.15, 0.2) is 18.2 Å². The Labute approximate surface area is 109 Å². The minimum atomic E-state index is -0.532. The van der Waals surface area contributed by atoms with Crippen LogP contribution in [0.5, 0.6) is 0 Å². The van der Waals surface area contributed by atoms with Crippen molar-refractivity contribution in [2.24, 2.45) is 5.92 Å². The molecule has 90 valence electrons. The van der Waals surface area contributed by atoms with Gasteiger partial charge < -0.3 is 5.32 Å². The van der Waals surface area contributed by atoms with Gasteiger partial charge in [-0.25, -0.2) is 8.78 Å². The molecule has 0 saturated heterocycles. The van der Waals surface area contributed by atoms with Crippen LogP contribution in [-0.4, -0.2) is 10.5 Å². The molecule has 0 aliphatic rings. The largest absolute Gasteiger partial charge is 0.309 e. The Balaban J connectivity index is 2.60. The summed E-state index contributed by atoms with van der Waals surface area (Å²) < 4.78 is 27.0. The van der Waals surface area contributed by atoms with E-state index in [0.29, 0.717) is 24.1 Å². The summed E-state index contributed by atoms with van der Waals surface area (Å²) in [4.78, 5) is 0. The van der Waals surface area contributed by atoms with E-state index in [2.05, 4.69) is 41.8 Å². The Kier molecular flexibility index (Phi) is 5.61. The molecule has 1 aromatic rings. The van der Waals surface area contributed by atoms with Gasteiger partial charge in [-0.3, -0.25) is 0 Å². The number of hydrogen-bond donors (Lipinski definition) is 1. The Hall–Kier alpha value is -0.230. The van der Waals surface area contributed by atoms with Crippen LogP contribution in [0.2, 0.25) is 0 Å². The predicted molar refractivity (Wildman–Crippen MR) is 70.7 cm³/mol. The van der Waals surface area contributed by atoms with Crippen molar-refractivity contribution in [2.75, 3.05) is 4.43 Å². The number of rotatable bonds is 5. The number of nitrogens with one attached hydrogen (secondary N) is 1. The zero-order chi connectivity index (χ0) is 12.1. The van der Waals surface area contributed by atoms with Gasteiger partial charge in [-0.1, -0.05) is 42.5 Å². The highest BCUT2D eigenvalue weighted by Crippen LogP contribution is 2.11. The molecule has 0 spiro atoms. The molecule has 1 nitrogen and oxygen atoms in total. The second-order valence-corrected chi connectivity index (χ2v) is 5.00. The molecule has 4 heteroatoms. The van der Waals surface area contributed by atoms with Crippen molar-refractivity contribution in [3.8, 4) is 0 Å². The molecule has 16 heavy (non-hydrogen) atoms. The van der Waals surface area contributed by atoms with Gasteiger partial charge in [-0.2, -0.15) is 0 Å². The van der Waals surface area contributed by atoms with E-state index < -0.39 is 11.6 Å². The van der Waals surface area contributed by atoms with Gasteiger partial charge in [-0.15, -0.1) is 0 Å². The summed E-state index contributed by atoms with van der Waals surface area (Å²) in [5.74, 6) is -0.514. The fraction of sp³-hybridized carbons (Fsp3) is 0.500. The Morgan fingerprint density at radius 1 is 1.31 bits per heavy atom. The quantitative estimate of drug-likeness (QED) is 0.639. The highest BCUT2D eigenvalue weighted by atomic mass is 127. The number of halogens is 3. The molecule has 1 rings (SSSR count). The predicted octanol–water partition coefficient (Wildman–Crippen LogP) is 3.51. The van der Waals surface area contributed by atoms with Crippen LogP contribution in [-0.2, 0) is 6.54 Å². The minimum Gasteiger partial charge on any atom is -0.309 e. The van der Waals surface area contributed by atoms with Crippen molar-refractivity contribution in [3.05, 3.63) is 35.4 Å². The first-order valence-corrected chi connectivity index (χ1v) is 6.80. The van der Waals surface area contributed by atoms with Gasteiger partial charge in [0.25, 0.3) is 0 Å². The number of alkyl halides is 1. The van der Waals surface area contributed by atoms with Gasteiger partial charge in [-0.05, 0) is 12.0 Å². The standard InChI is InChI=1S/C12H16F2IN/c1-8(2)12(6-15)16-7-9-3-4-10(13)5-11(9)14/h3-5,8,12,16H,6-7H2,1-2H3. The van der Waals surface area contributed by atoms with E-state index in [-0.39, 0.29) is 0 Å². The normalized spacial score (nSPS) is 13.1. The van der Waals surface area contributed by atoms with Crippen molar-refractivity contribution < 1.29 is 8.78 Å². The average Bonchev–Trinajstić information content (AvgIpc) is 2.21. The lowest BCUT2D eigenvalue weighted by Crippen LogP contribution is -2.34. The molecule has 0 fully saturated rings. The topological polar surface area (TPSA) is 12.0 Å². The van der Waals surface area contributed by atoms with Crippen molar-refractivity contribution in [1.29, 1.82) is 0 Å². The van der Waals surface area contributed by atoms with E-state index in [9.17, 15) is 8.78 Å². The Morgan fingerprint density at radius 3 is 2.50 bits per heavy atom. The van der Waals surface area contributed by atoms with Gasteiger partial charge >= 0.3 is 0 Å². The number of hydrogen-bond acceptors (Lipinski definition) is 1. The van der Waals surface area contributed by atoms with Gasteiger partial charge in [0.2, 0.25) is 0 Å². The molecule has 0 aliphatic carbocycles. The average molecular weight is 339 g/mol. The zero-order valence-electron chi connectivity index (χ0n) is 9.43. The lowest BCUT2D eigenvalue weighted by Gasteiger charge is -2.20. The van der Waals surface area contributed by atoms with Crippen LogP contribution < -0.4 is 5.32 Å². The fourth-order valence-electron chi connectivity index (χ4n) is 1.37. The zero-order valence-corrected chi connectivity index (χ0v) is 11.6. The van der Waals surface area contributed by atoms with E-state index in [1.165, 1.54) is 12.1 Å². The smallest absolute Gasteiger partial charge is 0.130 e. The molecule has 1 unspecified atom stereocenters. The van der Waals surface area contributed by atoms with Crippen LogP contribution >= 0.6 is 22.6 Å². The summed E-state index contributed by atoms with van der Waals surface area (Å²) >= 11 is 2.31. The molecule has 1 N–H and O–H groups in total. The third kappa shape index (κ3) is 3.97. The lowest BCUT2D eigenvalue weighted by molar-refractivity contribution is 0.431. The maximum absolute atomic E-state index is 13.3. The molecule has 1 aromatic carbocycles. The van der Waals surface area contributed by atoms with E-state index in [1.54, 1.807) is 0 Å². The van der Waals surface area contributed by atoms with Gasteiger partial charge in [0.05, 0.1) is 0 Å². The first-order chi connectivity index (χ1) is 7.54. The summed E-state index contributed by atoms with van der Waals surface area (Å²) in [6.45, 7) is 4.69. The molecule has 0 radical (unpaired) electrons. The Bertz CT molecular complexity index is 342. The van der Waals surface area contributed by atoms with Gasteiger partial charge in [0.15, 0.2) is 0 Å². The van der Waals surface area contributed by atoms with Crippen molar-refractivity contribution in [3.63, 3.8) is 0 Å². The van der Waals surface area contributed by atoms with Crippen molar-refractivity contribution in [2.45, 2.75) is 26.4 Å². The first-order valence-electron chi connectivity index (χ1n) is 5.28. The van der Waals surface area contributed by atoms with E-state index in [0.717, 1.165) is 10.5 Å². The summed E-state index contributed by atoms with van der Waals surface area (Å²) in [7, 11) is 0. The summed E-state index contributed by atoms with van der Waals surface area (Å²) in [6, 6.07) is 4.05. The molecule has 0 amide bonds. The lowest BCUT2D eigenvalue weighted by atomic mass is 10.1. The van der Waals surface area contributed by atoms with E-state index >= 15 is 0 Å². The first kappa shape index (κ1) is 13.8. The summed E-state index contributed by atoms with van der Waals surface area (Å²) in [6.07, 6.45) is 0. The van der Waals surface area contributed by atoms with Crippen molar-refractivity contribution >= 4 is 22.6 Å². The molecule has 0 bridgehead atoms. The molecule has 0 aliphatic heterocycles. The summed E-state index contributed by atoms with van der Waals surface area (Å²) in [5, 5.41) is 3.28. The fourth-order valence-corrected chi connectivity index (χ4v) is 2.70. The van der Waals surface area contributed by atoms with E-state index in [4.69, 9.17) is 0 Å². The molecule has 0 saturated carbocycles. The maximum atomic E-state index is 13.3. The second-order valence-electron chi connectivity index (χ2n) is 4.12. The van der Waals surface area contributed by atoms with E-state index in [1.807, 2.05) is 0 Å². The van der Waals surface area contributed by atoms with Crippen molar-refractivity contribution in [1.82, 2.24) is 5.32 Å².